The predicted octanol–water partition coefficient (Wildman–Crippen LogP) is 4.14. The molecule has 3 rings (SSSR count). The summed E-state index contributed by atoms with van der Waals surface area (Å²) < 4.78 is 12.8. The zero-order chi connectivity index (χ0) is 21.0. The van der Waals surface area contributed by atoms with Crippen molar-refractivity contribution >= 4 is 33.4 Å². The van der Waals surface area contributed by atoms with E-state index in [9.17, 15) is 9.59 Å². The minimum absolute atomic E-state index is 0.207. The summed E-state index contributed by atoms with van der Waals surface area (Å²) in [5.41, 5.74) is 2.64. The number of fused-ring (bicyclic) bond motifs is 1. The summed E-state index contributed by atoms with van der Waals surface area (Å²) in [7, 11) is 2.94. The third-order valence-electron chi connectivity index (χ3n) is 4.67. The van der Waals surface area contributed by atoms with Gasteiger partial charge in [-0.3, -0.25) is 9.59 Å². The lowest BCUT2D eigenvalue weighted by Gasteiger charge is -2.07. The summed E-state index contributed by atoms with van der Waals surface area (Å²) >= 11 is 1.44. The van der Waals surface area contributed by atoms with Crippen LogP contribution in [0.1, 0.15) is 42.1 Å². The van der Waals surface area contributed by atoms with Gasteiger partial charge in [0.1, 0.15) is 5.75 Å². The van der Waals surface area contributed by atoms with Crippen LogP contribution in [-0.4, -0.2) is 30.7 Å². The van der Waals surface area contributed by atoms with Crippen molar-refractivity contribution in [2.45, 2.75) is 32.7 Å². The van der Waals surface area contributed by atoms with Crippen LogP contribution in [0.3, 0.4) is 0 Å². The smallest absolute Gasteiger partial charge is 0.307 e. The minimum atomic E-state index is -0.338. The van der Waals surface area contributed by atoms with E-state index >= 15 is 0 Å². The molecule has 0 fully saturated rings. The Bertz CT molecular complexity index is 1090. The molecule has 6 nitrogen and oxygen atoms in total. The van der Waals surface area contributed by atoms with Crippen LogP contribution in [0.15, 0.2) is 47.5 Å². The van der Waals surface area contributed by atoms with Gasteiger partial charge in [-0.2, -0.15) is 4.99 Å². The second kappa shape index (κ2) is 9.05. The van der Waals surface area contributed by atoms with E-state index in [0.717, 1.165) is 10.2 Å². The number of benzene rings is 2. The highest BCUT2D eigenvalue weighted by atomic mass is 32.1. The molecular weight excluding hydrogens is 388 g/mol. The second-order valence-electron chi connectivity index (χ2n) is 6.89. The molecule has 0 N–H and O–H groups in total. The summed E-state index contributed by atoms with van der Waals surface area (Å²) in [6, 6.07) is 13.1. The van der Waals surface area contributed by atoms with E-state index in [-0.39, 0.29) is 18.3 Å². The number of methoxy groups -OCH3 is 2. The zero-order valence-electron chi connectivity index (χ0n) is 17.0. The molecule has 0 radical (unpaired) electrons. The Hall–Kier alpha value is -2.93. The maximum atomic E-state index is 12.7. The molecule has 0 aliphatic carbocycles. The van der Waals surface area contributed by atoms with Crippen molar-refractivity contribution in [2.75, 3.05) is 14.2 Å². The standard InChI is InChI=1S/C22H24N2O4S/c1-14(2)16-7-10-18-19(13-16)29-22(24(18)12-11-20(25)28-4)23-21(26)15-5-8-17(27-3)9-6-15/h5-10,13-14H,11-12H2,1-4H3. The van der Waals surface area contributed by atoms with Crippen LogP contribution in [-0.2, 0) is 16.1 Å². The fourth-order valence-corrected chi connectivity index (χ4v) is 4.04. The highest BCUT2D eigenvalue weighted by Gasteiger charge is 2.12. The first kappa shape index (κ1) is 20.8. The lowest BCUT2D eigenvalue weighted by molar-refractivity contribution is -0.140. The van der Waals surface area contributed by atoms with Crippen LogP contribution in [0.4, 0.5) is 0 Å². The average Bonchev–Trinajstić information content (AvgIpc) is 3.07. The van der Waals surface area contributed by atoms with Crippen molar-refractivity contribution in [3.8, 4) is 5.75 Å². The number of ether oxygens (including phenoxy) is 2. The number of aromatic nitrogens is 1. The highest BCUT2D eigenvalue weighted by Crippen LogP contribution is 2.24. The van der Waals surface area contributed by atoms with Crippen molar-refractivity contribution in [2.24, 2.45) is 4.99 Å². The number of carbonyl (C=O) groups is 2. The number of hydrogen-bond acceptors (Lipinski definition) is 5. The van der Waals surface area contributed by atoms with E-state index in [2.05, 4.69) is 31.0 Å². The fraction of sp³-hybridized carbons (Fsp3) is 0.318. The van der Waals surface area contributed by atoms with Crippen LogP contribution in [0.25, 0.3) is 10.2 Å². The number of carbonyl (C=O) groups excluding carboxylic acids is 2. The summed E-state index contributed by atoms with van der Waals surface area (Å²) in [4.78, 5) is 29.3. The molecule has 0 aliphatic rings. The Morgan fingerprint density at radius 3 is 2.45 bits per heavy atom. The van der Waals surface area contributed by atoms with Crippen LogP contribution in [0.5, 0.6) is 5.75 Å². The SMILES string of the molecule is COC(=O)CCn1c(=NC(=O)c2ccc(OC)cc2)sc2cc(C(C)C)ccc21. The first-order valence-corrected chi connectivity index (χ1v) is 10.2. The predicted molar refractivity (Wildman–Crippen MR) is 113 cm³/mol. The lowest BCUT2D eigenvalue weighted by atomic mass is 10.0. The quantitative estimate of drug-likeness (QED) is 0.571. The van der Waals surface area contributed by atoms with Gasteiger partial charge in [0, 0.05) is 12.1 Å². The molecule has 3 aromatic rings. The topological polar surface area (TPSA) is 69.9 Å². The van der Waals surface area contributed by atoms with E-state index in [1.165, 1.54) is 24.0 Å². The molecule has 1 aromatic heterocycles. The van der Waals surface area contributed by atoms with Gasteiger partial charge in [0.05, 0.1) is 30.9 Å². The molecule has 0 atom stereocenters. The molecule has 0 aliphatic heterocycles. The molecule has 1 amide bonds. The van der Waals surface area contributed by atoms with Crippen LogP contribution >= 0.6 is 11.3 Å². The van der Waals surface area contributed by atoms with Gasteiger partial charge in [-0.05, 0) is 47.9 Å². The third kappa shape index (κ3) is 4.74. The third-order valence-corrected chi connectivity index (χ3v) is 5.72. The van der Waals surface area contributed by atoms with Crippen molar-refractivity contribution in [3.63, 3.8) is 0 Å². The lowest BCUT2D eigenvalue weighted by Crippen LogP contribution is -2.19. The van der Waals surface area contributed by atoms with Gasteiger partial charge < -0.3 is 14.0 Å². The van der Waals surface area contributed by atoms with Crippen molar-refractivity contribution in [1.82, 2.24) is 4.57 Å². The van der Waals surface area contributed by atoms with Gasteiger partial charge in [0.2, 0.25) is 0 Å². The molecule has 0 saturated carbocycles. The fourth-order valence-electron chi connectivity index (χ4n) is 2.94. The van der Waals surface area contributed by atoms with Gasteiger partial charge in [0.25, 0.3) is 5.91 Å². The summed E-state index contributed by atoms with van der Waals surface area (Å²) in [5, 5.41) is 0. The Kier molecular flexibility index (Phi) is 6.49. The van der Waals surface area contributed by atoms with Crippen LogP contribution in [0.2, 0.25) is 0 Å². The summed E-state index contributed by atoms with van der Waals surface area (Å²) in [5.74, 6) is 0.433. The minimum Gasteiger partial charge on any atom is -0.497 e. The molecule has 2 aromatic carbocycles. The van der Waals surface area contributed by atoms with Crippen LogP contribution in [0, 0.1) is 0 Å². The molecule has 29 heavy (non-hydrogen) atoms. The average molecular weight is 413 g/mol. The first-order chi connectivity index (χ1) is 13.9. The molecule has 0 unspecified atom stereocenters. The normalized spacial score (nSPS) is 11.8. The van der Waals surface area contributed by atoms with E-state index in [4.69, 9.17) is 9.47 Å². The number of amides is 1. The maximum Gasteiger partial charge on any atom is 0.307 e. The van der Waals surface area contributed by atoms with Gasteiger partial charge in [-0.15, -0.1) is 0 Å². The molecule has 7 heteroatoms. The Morgan fingerprint density at radius 1 is 1.10 bits per heavy atom. The summed E-state index contributed by atoms with van der Waals surface area (Å²) in [6.45, 7) is 4.67. The van der Waals surface area contributed by atoms with Crippen molar-refractivity contribution < 1.29 is 19.1 Å². The zero-order valence-corrected chi connectivity index (χ0v) is 17.8. The van der Waals surface area contributed by atoms with Gasteiger partial charge in [0.15, 0.2) is 4.80 Å². The summed E-state index contributed by atoms with van der Waals surface area (Å²) in [6.07, 6.45) is 0.207. The van der Waals surface area contributed by atoms with E-state index in [1.54, 1.807) is 31.4 Å². The second-order valence-corrected chi connectivity index (χ2v) is 7.90. The Labute approximate surface area is 173 Å². The largest absolute Gasteiger partial charge is 0.497 e. The molecule has 0 bridgehead atoms. The van der Waals surface area contributed by atoms with E-state index < -0.39 is 0 Å². The highest BCUT2D eigenvalue weighted by molar-refractivity contribution is 7.16. The van der Waals surface area contributed by atoms with Crippen LogP contribution < -0.4 is 9.54 Å². The number of hydrogen-bond donors (Lipinski definition) is 0. The van der Waals surface area contributed by atoms with Gasteiger partial charge in [-0.25, -0.2) is 0 Å². The molecular formula is C22H24N2O4S. The van der Waals surface area contributed by atoms with Gasteiger partial charge in [-0.1, -0.05) is 31.3 Å². The molecule has 0 saturated heterocycles. The first-order valence-electron chi connectivity index (χ1n) is 9.36. The Morgan fingerprint density at radius 2 is 1.83 bits per heavy atom. The number of thiazole rings is 1. The maximum absolute atomic E-state index is 12.7. The van der Waals surface area contributed by atoms with Crippen molar-refractivity contribution in [1.29, 1.82) is 0 Å². The Balaban J connectivity index is 2.06. The van der Waals surface area contributed by atoms with E-state index in [0.29, 0.717) is 28.6 Å². The monoisotopic (exact) mass is 412 g/mol. The number of esters is 1. The van der Waals surface area contributed by atoms with E-state index in [1.807, 2.05) is 10.6 Å². The van der Waals surface area contributed by atoms with Gasteiger partial charge >= 0.3 is 5.97 Å². The molecule has 1 heterocycles. The van der Waals surface area contributed by atoms with Crippen molar-refractivity contribution in [3.05, 3.63) is 58.4 Å². The molecule has 0 spiro atoms. The number of aryl methyl sites for hydroxylation is 1. The number of rotatable bonds is 6. The number of nitrogens with zero attached hydrogens (tertiary/aromatic N) is 2. The molecule has 152 valence electrons.